The molecular formula is C11H10N2O3. The van der Waals surface area contributed by atoms with Crippen molar-refractivity contribution in [2.75, 3.05) is 0 Å². The Labute approximate surface area is 91.3 Å². The summed E-state index contributed by atoms with van der Waals surface area (Å²) in [7, 11) is 0. The third-order valence-electron chi connectivity index (χ3n) is 2.42. The molecule has 16 heavy (non-hydrogen) atoms. The molecule has 0 aliphatic heterocycles. The van der Waals surface area contributed by atoms with Gasteiger partial charge in [0, 0.05) is 12.1 Å². The molecule has 0 aliphatic carbocycles. The minimum Gasteiger partial charge on any atom is -0.475 e. The first kappa shape index (κ1) is 10.4. The highest BCUT2D eigenvalue weighted by Crippen LogP contribution is 2.15. The van der Waals surface area contributed by atoms with Crippen molar-refractivity contribution < 1.29 is 14.7 Å². The van der Waals surface area contributed by atoms with Gasteiger partial charge in [0.1, 0.15) is 0 Å². The summed E-state index contributed by atoms with van der Waals surface area (Å²) >= 11 is 0. The number of fused-ring (bicyclic) bond motifs is 1. The third-order valence-corrected chi connectivity index (χ3v) is 2.42. The number of aliphatic carboxylic acids is 1. The van der Waals surface area contributed by atoms with Crippen molar-refractivity contribution in [1.82, 2.24) is 9.55 Å². The molecular weight excluding hydrogens is 208 g/mol. The van der Waals surface area contributed by atoms with Crippen LogP contribution in [0.4, 0.5) is 0 Å². The largest absolute Gasteiger partial charge is 0.475 e. The van der Waals surface area contributed by atoms with Gasteiger partial charge in [0.15, 0.2) is 0 Å². The molecule has 0 saturated carbocycles. The van der Waals surface area contributed by atoms with Crippen LogP contribution in [0.15, 0.2) is 24.5 Å². The zero-order valence-corrected chi connectivity index (χ0v) is 8.67. The molecule has 0 unspecified atom stereocenters. The van der Waals surface area contributed by atoms with Crippen molar-refractivity contribution in [3.05, 3.63) is 30.1 Å². The summed E-state index contributed by atoms with van der Waals surface area (Å²) in [4.78, 5) is 25.9. The van der Waals surface area contributed by atoms with E-state index in [1.807, 2.05) is 11.5 Å². The molecule has 0 fully saturated rings. The van der Waals surface area contributed by atoms with Crippen LogP contribution in [0.5, 0.6) is 0 Å². The van der Waals surface area contributed by atoms with Crippen LogP contribution < -0.4 is 0 Å². The van der Waals surface area contributed by atoms with Gasteiger partial charge < -0.3 is 9.67 Å². The fourth-order valence-electron chi connectivity index (χ4n) is 1.58. The van der Waals surface area contributed by atoms with Gasteiger partial charge in [-0.25, -0.2) is 9.78 Å². The molecule has 0 radical (unpaired) electrons. The number of carbonyl (C=O) groups excluding carboxylic acids is 1. The molecule has 0 amide bonds. The number of imidazole rings is 1. The van der Waals surface area contributed by atoms with Crippen LogP contribution in [0.3, 0.4) is 0 Å². The Bertz CT molecular complexity index is 572. The van der Waals surface area contributed by atoms with E-state index in [-0.39, 0.29) is 5.56 Å². The molecule has 5 heteroatoms. The Hall–Kier alpha value is -2.17. The highest BCUT2D eigenvalue weighted by molar-refractivity contribution is 6.40. The van der Waals surface area contributed by atoms with Crippen molar-refractivity contribution in [3.8, 4) is 0 Å². The third kappa shape index (κ3) is 1.56. The quantitative estimate of drug-likeness (QED) is 0.623. The Morgan fingerprint density at radius 2 is 2.19 bits per heavy atom. The fraction of sp³-hybridized carbons (Fsp3) is 0.182. The first-order valence-corrected chi connectivity index (χ1v) is 4.86. The molecule has 1 N–H and O–H groups in total. The molecule has 0 aliphatic rings. The fourth-order valence-corrected chi connectivity index (χ4v) is 1.58. The maximum atomic E-state index is 11.2. The number of carboxylic acids is 1. The predicted molar refractivity (Wildman–Crippen MR) is 57.4 cm³/mol. The lowest BCUT2D eigenvalue weighted by Crippen LogP contribution is -2.12. The van der Waals surface area contributed by atoms with E-state index in [1.54, 1.807) is 12.4 Å². The van der Waals surface area contributed by atoms with E-state index >= 15 is 0 Å². The van der Waals surface area contributed by atoms with E-state index in [9.17, 15) is 9.59 Å². The number of carboxylic acid groups (broad SMARTS) is 1. The van der Waals surface area contributed by atoms with Gasteiger partial charge in [0.05, 0.1) is 17.4 Å². The van der Waals surface area contributed by atoms with Gasteiger partial charge in [-0.05, 0) is 25.1 Å². The minimum absolute atomic E-state index is 0.154. The van der Waals surface area contributed by atoms with Crippen LogP contribution in [-0.4, -0.2) is 26.4 Å². The standard InChI is InChI=1S/C11H10N2O3/c1-2-13-6-12-8-5-7(3-4-9(8)13)10(14)11(15)16/h3-6H,2H2,1H3,(H,15,16). The van der Waals surface area contributed by atoms with E-state index in [2.05, 4.69) is 4.98 Å². The van der Waals surface area contributed by atoms with Crippen molar-refractivity contribution in [1.29, 1.82) is 0 Å². The summed E-state index contributed by atoms with van der Waals surface area (Å²) in [5.41, 5.74) is 1.68. The maximum Gasteiger partial charge on any atom is 0.377 e. The number of ketones is 1. The average molecular weight is 218 g/mol. The van der Waals surface area contributed by atoms with E-state index in [1.165, 1.54) is 12.1 Å². The molecule has 2 aromatic rings. The first-order chi connectivity index (χ1) is 7.63. The lowest BCUT2D eigenvalue weighted by Gasteiger charge is -1.99. The molecule has 0 bridgehead atoms. The van der Waals surface area contributed by atoms with Gasteiger partial charge in [0.2, 0.25) is 0 Å². The predicted octanol–water partition coefficient (Wildman–Crippen LogP) is 1.32. The lowest BCUT2D eigenvalue weighted by atomic mass is 10.1. The zero-order chi connectivity index (χ0) is 11.7. The second-order valence-electron chi connectivity index (χ2n) is 3.37. The number of aryl methyl sites for hydroxylation is 1. The number of rotatable bonds is 3. The highest BCUT2D eigenvalue weighted by Gasteiger charge is 2.15. The molecule has 5 nitrogen and oxygen atoms in total. The molecule has 0 atom stereocenters. The van der Waals surface area contributed by atoms with Crippen LogP contribution in [0.2, 0.25) is 0 Å². The molecule has 1 aromatic carbocycles. The van der Waals surface area contributed by atoms with Gasteiger partial charge in [-0.2, -0.15) is 0 Å². The Kier molecular flexibility index (Phi) is 2.44. The first-order valence-electron chi connectivity index (χ1n) is 4.86. The lowest BCUT2D eigenvalue weighted by molar-refractivity contribution is -0.131. The summed E-state index contributed by atoms with van der Waals surface area (Å²) in [6.07, 6.45) is 1.67. The van der Waals surface area contributed by atoms with Gasteiger partial charge >= 0.3 is 5.97 Å². The van der Waals surface area contributed by atoms with Crippen molar-refractivity contribution in [2.24, 2.45) is 0 Å². The van der Waals surface area contributed by atoms with E-state index in [4.69, 9.17) is 5.11 Å². The summed E-state index contributed by atoms with van der Waals surface area (Å²) in [6, 6.07) is 4.71. The second kappa shape index (κ2) is 3.77. The van der Waals surface area contributed by atoms with Crippen LogP contribution in [-0.2, 0) is 11.3 Å². The zero-order valence-electron chi connectivity index (χ0n) is 8.67. The van der Waals surface area contributed by atoms with Crippen molar-refractivity contribution in [3.63, 3.8) is 0 Å². The van der Waals surface area contributed by atoms with Gasteiger partial charge in [-0.15, -0.1) is 0 Å². The van der Waals surface area contributed by atoms with E-state index < -0.39 is 11.8 Å². The topological polar surface area (TPSA) is 72.2 Å². The van der Waals surface area contributed by atoms with Crippen LogP contribution in [0, 0.1) is 0 Å². The molecule has 0 spiro atoms. The second-order valence-corrected chi connectivity index (χ2v) is 3.37. The van der Waals surface area contributed by atoms with Crippen LogP contribution >= 0.6 is 0 Å². The Morgan fingerprint density at radius 3 is 2.81 bits per heavy atom. The van der Waals surface area contributed by atoms with Gasteiger partial charge in [-0.1, -0.05) is 0 Å². The van der Waals surface area contributed by atoms with E-state index in [0.717, 1.165) is 12.1 Å². The highest BCUT2D eigenvalue weighted by atomic mass is 16.4. The molecule has 2 rings (SSSR count). The molecule has 1 heterocycles. The molecule has 82 valence electrons. The number of nitrogens with zero attached hydrogens (tertiary/aromatic N) is 2. The van der Waals surface area contributed by atoms with Crippen molar-refractivity contribution in [2.45, 2.75) is 13.5 Å². The number of hydrogen-bond donors (Lipinski definition) is 1. The number of aromatic nitrogens is 2. The Balaban J connectivity index is 2.53. The number of Topliss-reactive ketones (excluding diaryl/α,β-unsaturated/α-hetero) is 1. The normalized spacial score (nSPS) is 10.6. The summed E-state index contributed by atoms with van der Waals surface area (Å²) < 4.78 is 1.92. The maximum absolute atomic E-state index is 11.2. The number of carbonyl (C=O) groups is 2. The monoisotopic (exact) mass is 218 g/mol. The summed E-state index contributed by atoms with van der Waals surface area (Å²) in [6.45, 7) is 2.76. The SMILES string of the molecule is CCn1cnc2cc(C(=O)C(=O)O)ccc21. The number of hydrogen-bond acceptors (Lipinski definition) is 3. The summed E-state index contributed by atoms with van der Waals surface area (Å²) in [5.74, 6) is -2.36. The smallest absolute Gasteiger partial charge is 0.377 e. The van der Waals surface area contributed by atoms with Crippen LogP contribution in [0.25, 0.3) is 11.0 Å². The van der Waals surface area contributed by atoms with Gasteiger partial charge in [0.25, 0.3) is 5.78 Å². The molecule has 0 saturated heterocycles. The Morgan fingerprint density at radius 1 is 1.44 bits per heavy atom. The molecule has 1 aromatic heterocycles. The number of benzene rings is 1. The van der Waals surface area contributed by atoms with E-state index in [0.29, 0.717) is 5.52 Å². The minimum atomic E-state index is -1.45. The van der Waals surface area contributed by atoms with Crippen LogP contribution in [0.1, 0.15) is 17.3 Å². The average Bonchev–Trinajstić information content (AvgIpc) is 2.69. The van der Waals surface area contributed by atoms with Gasteiger partial charge in [-0.3, -0.25) is 4.79 Å². The summed E-state index contributed by atoms with van der Waals surface area (Å²) in [5, 5.41) is 8.58. The van der Waals surface area contributed by atoms with Crippen molar-refractivity contribution >= 4 is 22.8 Å².